The highest BCUT2D eigenvalue weighted by Gasteiger charge is 2.21. The first-order chi connectivity index (χ1) is 15.7. The number of rotatable bonds is 9. The summed E-state index contributed by atoms with van der Waals surface area (Å²) in [6.07, 6.45) is 0.777. The van der Waals surface area contributed by atoms with Crippen molar-refractivity contribution >= 4 is 16.0 Å². The Morgan fingerprint density at radius 3 is 2.06 bits per heavy atom. The molecular formula is C25H26FNO5S. The van der Waals surface area contributed by atoms with Gasteiger partial charge in [-0.15, -0.1) is 0 Å². The molecule has 174 valence electrons. The predicted octanol–water partition coefficient (Wildman–Crippen LogP) is 5.04. The Bertz CT molecular complexity index is 1180. The zero-order valence-electron chi connectivity index (χ0n) is 18.7. The van der Waals surface area contributed by atoms with Crippen LogP contribution in [0, 0.1) is 5.82 Å². The molecule has 0 saturated carbocycles. The fourth-order valence-corrected chi connectivity index (χ4v) is 4.10. The number of benzene rings is 3. The third kappa shape index (κ3) is 6.10. The summed E-state index contributed by atoms with van der Waals surface area (Å²) in [5.74, 6) is 0.159. The lowest BCUT2D eigenvalue weighted by Crippen LogP contribution is -2.37. The van der Waals surface area contributed by atoms with E-state index in [4.69, 9.17) is 8.92 Å². The van der Waals surface area contributed by atoms with Gasteiger partial charge in [0.15, 0.2) is 0 Å². The first-order valence-electron chi connectivity index (χ1n) is 10.5. The van der Waals surface area contributed by atoms with Crippen LogP contribution < -0.4 is 8.92 Å². The molecule has 0 heterocycles. The van der Waals surface area contributed by atoms with Crippen LogP contribution in [0.25, 0.3) is 0 Å². The molecule has 0 N–H and O–H groups in total. The summed E-state index contributed by atoms with van der Waals surface area (Å²) in [5, 5.41) is 0. The van der Waals surface area contributed by atoms with Gasteiger partial charge in [-0.1, -0.05) is 19.1 Å². The lowest BCUT2D eigenvalue weighted by molar-refractivity contribution is 0.0671. The van der Waals surface area contributed by atoms with E-state index in [1.165, 1.54) is 12.1 Å². The van der Waals surface area contributed by atoms with Crippen LogP contribution in [-0.4, -0.2) is 32.4 Å². The molecule has 3 aromatic rings. The lowest BCUT2D eigenvalue weighted by atomic mass is 10.1. The molecule has 0 fully saturated rings. The van der Waals surface area contributed by atoms with Crippen molar-refractivity contribution in [2.45, 2.75) is 37.8 Å². The van der Waals surface area contributed by atoms with Crippen LogP contribution >= 0.6 is 0 Å². The van der Waals surface area contributed by atoms with Crippen LogP contribution in [0.5, 0.6) is 11.5 Å². The van der Waals surface area contributed by atoms with Crippen molar-refractivity contribution in [2.75, 3.05) is 7.11 Å². The fourth-order valence-electron chi connectivity index (χ4n) is 3.17. The molecular weight excluding hydrogens is 445 g/mol. The molecule has 33 heavy (non-hydrogen) atoms. The molecule has 0 aliphatic rings. The average molecular weight is 472 g/mol. The number of ether oxygens (including phenoxy) is 1. The van der Waals surface area contributed by atoms with Gasteiger partial charge in [0.25, 0.3) is 5.91 Å². The Balaban J connectivity index is 1.74. The predicted molar refractivity (Wildman–Crippen MR) is 123 cm³/mol. The maximum atomic E-state index is 13.1. The Kier molecular flexibility index (Phi) is 7.71. The smallest absolute Gasteiger partial charge is 0.339 e. The van der Waals surface area contributed by atoms with Crippen LogP contribution in [0.1, 0.15) is 36.2 Å². The first-order valence-corrected chi connectivity index (χ1v) is 11.9. The van der Waals surface area contributed by atoms with Gasteiger partial charge < -0.3 is 13.8 Å². The second-order valence-corrected chi connectivity index (χ2v) is 9.10. The van der Waals surface area contributed by atoms with E-state index in [9.17, 15) is 17.6 Å². The number of carbonyl (C=O) groups is 1. The molecule has 0 saturated heterocycles. The molecule has 1 atom stereocenters. The molecule has 3 rings (SSSR count). The highest BCUT2D eigenvalue weighted by molar-refractivity contribution is 7.87. The molecule has 1 amide bonds. The minimum Gasteiger partial charge on any atom is -0.497 e. The van der Waals surface area contributed by atoms with E-state index in [0.717, 1.165) is 36.2 Å². The topological polar surface area (TPSA) is 72.9 Å². The number of amides is 1. The van der Waals surface area contributed by atoms with Gasteiger partial charge in [-0.3, -0.25) is 4.79 Å². The van der Waals surface area contributed by atoms with Crippen molar-refractivity contribution in [1.82, 2.24) is 4.90 Å². The van der Waals surface area contributed by atoms with Gasteiger partial charge in [-0.2, -0.15) is 8.42 Å². The zero-order chi connectivity index (χ0) is 24.0. The largest absolute Gasteiger partial charge is 0.497 e. The highest BCUT2D eigenvalue weighted by atomic mass is 32.2. The lowest BCUT2D eigenvalue weighted by Gasteiger charge is -2.29. The normalized spacial score (nSPS) is 12.1. The average Bonchev–Trinajstić information content (AvgIpc) is 2.82. The van der Waals surface area contributed by atoms with E-state index >= 15 is 0 Å². The molecule has 0 radical (unpaired) electrons. The van der Waals surface area contributed by atoms with E-state index in [0.29, 0.717) is 17.9 Å². The summed E-state index contributed by atoms with van der Waals surface area (Å²) in [6, 6.07) is 17.8. The summed E-state index contributed by atoms with van der Waals surface area (Å²) in [6.45, 7) is 4.34. The van der Waals surface area contributed by atoms with Gasteiger partial charge in [-0.25, -0.2) is 4.39 Å². The summed E-state index contributed by atoms with van der Waals surface area (Å²) < 4.78 is 48.2. The standard InChI is InChI=1S/C25H26FNO5S/c1-4-18(2)27(25(28)20-7-13-22(31-3)14-8-20)17-19-5-11-23(12-6-19)32-33(29,30)24-15-9-21(26)10-16-24/h5-16,18H,4,17H2,1-3H3. The Morgan fingerprint density at radius 2 is 1.52 bits per heavy atom. The molecule has 0 spiro atoms. The van der Waals surface area contributed by atoms with Crippen molar-refractivity contribution in [3.05, 3.63) is 89.7 Å². The second kappa shape index (κ2) is 10.5. The van der Waals surface area contributed by atoms with Gasteiger partial charge in [0.1, 0.15) is 22.2 Å². The fraction of sp³-hybridized carbons (Fsp3) is 0.240. The number of hydrogen-bond acceptors (Lipinski definition) is 5. The molecule has 8 heteroatoms. The van der Waals surface area contributed by atoms with Gasteiger partial charge in [0.05, 0.1) is 7.11 Å². The van der Waals surface area contributed by atoms with Crippen LogP contribution in [-0.2, 0) is 16.7 Å². The maximum Gasteiger partial charge on any atom is 0.339 e. The third-order valence-corrected chi connectivity index (χ3v) is 6.57. The molecule has 3 aromatic carbocycles. The van der Waals surface area contributed by atoms with Gasteiger partial charge >= 0.3 is 10.1 Å². The quantitative estimate of drug-likeness (QED) is 0.409. The van der Waals surface area contributed by atoms with Gasteiger partial charge in [-0.05, 0) is 79.6 Å². The van der Waals surface area contributed by atoms with Gasteiger partial charge in [0.2, 0.25) is 0 Å². The number of methoxy groups -OCH3 is 1. The van der Waals surface area contributed by atoms with Crippen molar-refractivity contribution in [3.8, 4) is 11.5 Å². The summed E-state index contributed by atoms with van der Waals surface area (Å²) in [7, 11) is -2.51. The van der Waals surface area contributed by atoms with Crippen LogP contribution in [0.15, 0.2) is 77.7 Å². The minimum absolute atomic E-state index is 0.00520. The minimum atomic E-state index is -4.08. The number of carbonyl (C=O) groups excluding carboxylic acids is 1. The second-order valence-electron chi connectivity index (χ2n) is 7.55. The van der Waals surface area contributed by atoms with E-state index in [-0.39, 0.29) is 22.6 Å². The molecule has 0 aromatic heterocycles. The molecule has 0 bridgehead atoms. The van der Waals surface area contributed by atoms with Crippen molar-refractivity contribution in [3.63, 3.8) is 0 Å². The molecule has 0 aliphatic heterocycles. The van der Waals surface area contributed by atoms with Crippen molar-refractivity contribution in [1.29, 1.82) is 0 Å². The first kappa shape index (κ1) is 24.3. The Labute approximate surface area is 193 Å². The summed E-state index contributed by atoms with van der Waals surface area (Å²) in [5.41, 5.74) is 1.38. The van der Waals surface area contributed by atoms with Gasteiger partial charge in [0, 0.05) is 18.2 Å². The Hall–Kier alpha value is -3.39. The molecule has 1 unspecified atom stereocenters. The maximum absolute atomic E-state index is 13.1. The van der Waals surface area contributed by atoms with Crippen LogP contribution in [0.2, 0.25) is 0 Å². The van der Waals surface area contributed by atoms with E-state index in [2.05, 4.69) is 0 Å². The SMILES string of the molecule is CCC(C)N(Cc1ccc(OS(=O)(=O)c2ccc(F)cc2)cc1)C(=O)c1ccc(OC)cc1. The Morgan fingerprint density at radius 1 is 0.939 bits per heavy atom. The van der Waals surface area contributed by atoms with E-state index in [1.807, 2.05) is 13.8 Å². The summed E-state index contributed by atoms with van der Waals surface area (Å²) in [4.78, 5) is 14.8. The zero-order valence-corrected chi connectivity index (χ0v) is 19.5. The van der Waals surface area contributed by atoms with E-state index < -0.39 is 15.9 Å². The number of hydrogen-bond donors (Lipinski definition) is 0. The number of halogens is 1. The van der Waals surface area contributed by atoms with Crippen molar-refractivity contribution in [2.24, 2.45) is 0 Å². The molecule has 6 nitrogen and oxygen atoms in total. The highest BCUT2D eigenvalue weighted by Crippen LogP contribution is 2.22. The molecule has 0 aliphatic carbocycles. The van der Waals surface area contributed by atoms with E-state index in [1.54, 1.807) is 48.4 Å². The number of nitrogens with zero attached hydrogens (tertiary/aromatic N) is 1. The third-order valence-electron chi connectivity index (χ3n) is 5.31. The van der Waals surface area contributed by atoms with Crippen LogP contribution in [0.4, 0.5) is 4.39 Å². The van der Waals surface area contributed by atoms with Crippen molar-refractivity contribution < 1.29 is 26.5 Å². The van der Waals surface area contributed by atoms with Crippen LogP contribution in [0.3, 0.4) is 0 Å². The monoisotopic (exact) mass is 471 g/mol. The summed E-state index contributed by atoms with van der Waals surface area (Å²) >= 11 is 0.